The monoisotopic (exact) mass is 534 g/mol. The molecule has 2 fully saturated rings. The van der Waals surface area contributed by atoms with Gasteiger partial charge >= 0.3 is 0 Å². The molecule has 0 atom stereocenters. The van der Waals surface area contributed by atoms with Gasteiger partial charge in [-0.15, -0.1) is 5.10 Å². The molecule has 5 aromatic rings. The molecule has 0 radical (unpaired) electrons. The van der Waals surface area contributed by atoms with Crippen LogP contribution >= 0.6 is 0 Å². The predicted octanol–water partition coefficient (Wildman–Crippen LogP) is 4.67. The Bertz CT molecular complexity index is 1450. The average molecular weight is 535 g/mol. The number of carbonyl (C=O) groups is 1. The van der Waals surface area contributed by atoms with Crippen LogP contribution in [0.1, 0.15) is 32.6 Å². The van der Waals surface area contributed by atoms with Gasteiger partial charge in [0.15, 0.2) is 17.4 Å². The maximum absolute atomic E-state index is 14.3. The molecule has 7 rings (SSSR count). The largest absolute Gasteiger partial charge is 0.493 e. The summed E-state index contributed by atoms with van der Waals surface area (Å²) in [7, 11) is 3.21. The maximum Gasteiger partial charge on any atom is 0.212 e. The minimum atomic E-state index is -0.467. The quantitative estimate of drug-likeness (QED) is 0.330. The van der Waals surface area contributed by atoms with E-state index in [1.54, 1.807) is 25.4 Å². The number of imidazole rings is 1. The normalized spacial score (nSPS) is 13.6. The lowest BCUT2D eigenvalue weighted by Crippen LogP contribution is -2.36. The Kier molecular flexibility index (Phi) is 9.63. The summed E-state index contributed by atoms with van der Waals surface area (Å²) in [6.45, 7) is 6.14. The molecule has 1 saturated heterocycles. The van der Waals surface area contributed by atoms with Crippen LogP contribution in [0, 0.1) is 5.82 Å². The second-order valence-electron chi connectivity index (χ2n) is 9.12. The molecule has 10 nitrogen and oxygen atoms in total. The average Bonchev–Trinajstić information content (AvgIpc) is 3.50. The van der Waals surface area contributed by atoms with Gasteiger partial charge in [-0.05, 0) is 44.3 Å². The number of aromatic nitrogens is 6. The van der Waals surface area contributed by atoms with Crippen LogP contribution in [0.4, 0.5) is 10.2 Å². The summed E-state index contributed by atoms with van der Waals surface area (Å²) >= 11 is 0. The molecule has 206 valence electrons. The molecule has 0 aromatic carbocycles. The van der Waals surface area contributed by atoms with E-state index >= 15 is 0 Å². The number of anilines is 1. The van der Waals surface area contributed by atoms with Crippen LogP contribution < -0.4 is 10.1 Å². The molecule has 1 N–H and O–H groups in total. The summed E-state index contributed by atoms with van der Waals surface area (Å²) in [5, 5.41) is 10.5. The Labute approximate surface area is 227 Å². The van der Waals surface area contributed by atoms with E-state index in [-0.39, 0.29) is 0 Å². The molecule has 2 aliphatic rings. The minimum absolute atomic E-state index is 0.344. The number of nitrogens with zero attached hydrogens (tertiary/aromatic N) is 7. The van der Waals surface area contributed by atoms with Gasteiger partial charge in [0, 0.05) is 37.3 Å². The summed E-state index contributed by atoms with van der Waals surface area (Å²) < 4.78 is 24.4. The van der Waals surface area contributed by atoms with E-state index in [9.17, 15) is 9.18 Å². The highest BCUT2D eigenvalue weighted by molar-refractivity contribution is 5.75. The standard InChI is InChI=1S/C13H12FN5O2.C7H6N2.C5H11N.C3H6/c1-18-13(11(21-2)5-16-18)9-3-8-4-12(15-7-20)17-19(8)6-10(9)14;1-2-5-9-6-4-8-7(9)3-1;1-2-6-4-3-5-6;1-2-3-1/h3-7H,1-2H3,(H,15,17,20);1-6H;2-5H2,1H3;1-3H2. The first-order valence-corrected chi connectivity index (χ1v) is 13.1. The minimum Gasteiger partial charge on any atom is -0.493 e. The smallest absolute Gasteiger partial charge is 0.212 e. The second kappa shape index (κ2) is 13.5. The van der Waals surface area contributed by atoms with Crippen LogP contribution in [0.25, 0.3) is 22.4 Å². The Morgan fingerprint density at radius 2 is 1.92 bits per heavy atom. The highest BCUT2D eigenvalue weighted by atomic mass is 19.1. The third-order valence-corrected chi connectivity index (χ3v) is 6.19. The number of fused-ring (bicyclic) bond motifs is 2. The van der Waals surface area contributed by atoms with E-state index in [1.165, 1.54) is 74.0 Å². The van der Waals surface area contributed by atoms with E-state index in [1.807, 2.05) is 35.0 Å². The first kappa shape index (κ1) is 27.8. The SMILES string of the molecule is C1CC1.CCN1CCC1.COc1cnn(C)c1-c1cc2cc(NC=O)nn2cc1F.c1ccn2ccnc2c1. The summed E-state index contributed by atoms with van der Waals surface area (Å²) in [5.74, 6) is 0.357. The molecule has 6 heterocycles. The van der Waals surface area contributed by atoms with Crippen molar-refractivity contribution in [2.24, 2.45) is 7.05 Å². The predicted molar refractivity (Wildman–Crippen MR) is 149 cm³/mol. The van der Waals surface area contributed by atoms with Crippen LogP contribution in [0.2, 0.25) is 0 Å². The number of aryl methyl sites for hydroxylation is 1. The number of carbonyl (C=O) groups excluding carboxylic acids is 1. The Hall–Kier alpha value is -4.25. The van der Waals surface area contributed by atoms with E-state index in [4.69, 9.17) is 4.74 Å². The Balaban J connectivity index is 0.000000158. The molecule has 1 saturated carbocycles. The summed E-state index contributed by atoms with van der Waals surface area (Å²) in [4.78, 5) is 16.9. The molecule has 0 unspecified atom stereocenters. The lowest BCUT2D eigenvalue weighted by Gasteiger charge is -2.28. The van der Waals surface area contributed by atoms with Gasteiger partial charge in [0.25, 0.3) is 0 Å². The van der Waals surface area contributed by atoms with E-state index in [0.717, 1.165) is 5.65 Å². The molecule has 39 heavy (non-hydrogen) atoms. The zero-order valence-corrected chi connectivity index (χ0v) is 22.6. The third kappa shape index (κ3) is 7.41. The van der Waals surface area contributed by atoms with Crippen molar-refractivity contribution in [3.05, 3.63) is 67.1 Å². The lowest BCUT2D eigenvalue weighted by atomic mass is 10.1. The van der Waals surface area contributed by atoms with Crippen molar-refractivity contribution in [3.63, 3.8) is 0 Å². The van der Waals surface area contributed by atoms with E-state index < -0.39 is 5.82 Å². The van der Waals surface area contributed by atoms with Gasteiger partial charge in [-0.3, -0.25) is 9.48 Å². The van der Waals surface area contributed by atoms with Gasteiger partial charge in [0.1, 0.15) is 11.3 Å². The number of hydrogen-bond donors (Lipinski definition) is 1. The third-order valence-electron chi connectivity index (χ3n) is 6.19. The topological polar surface area (TPSA) is 94.0 Å². The van der Waals surface area contributed by atoms with Crippen molar-refractivity contribution in [1.82, 2.24) is 33.7 Å². The molecule has 11 heteroatoms. The molecular weight excluding hydrogens is 499 g/mol. The number of rotatable bonds is 5. The maximum atomic E-state index is 14.3. The van der Waals surface area contributed by atoms with Gasteiger partial charge in [-0.25, -0.2) is 13.9 Å². The zero-order chi connectivity index (χ0) is 27.6. The van der Waals surface area contributed by atoms with E-state index in [2.05, 4.69) is 32.3 Å². The number of likely N-dealkylation sites (tertiary alicyclic amines) is 1. The molecular formula is C28H35FN8O2. The highest BCUT2D eigenvalue weighted by Crippen LogP contribution is 2.32. The van der Waals surface area contributed by atoms with Crippen molar-refractivity contribution in [2.45, 2.75) is 32.6 Å². The lowest BCUT2D eigenvalue weighted by molar-refractivity contribution is -0.105. The second-order valence-corrected chi connectivity index (χ2v) is 9.12. The number of amides is 1. The van der Waals surface area contributed by atoms with Crippen molar-refractivity contribution in [2.75, 3.05) is 32.1 Å². The fraction of sp³-hybridized carbons (Fsp3) is 0.357. The van der Waals surface area contributed by atoms with E-state index in [0.29, 0.717) is 34.8 Å². The molecule has 1 aliphatic heterocycles. The number of hydrogen-bond acceptors (Lipinski definition) is 6. The van der Waals surface area contributed by atoms with Crippen LogP contribution in [0.5, 0.6) is 5.75 Å². The van der Waals surface area contributed by atoms with Crippen LogP contribution in [-0.2, 0) is 11.8 Å². The van der Waals surface area contributed by atoms with Gasteiger partial charge in [0.05, 0.1) is 25.0 Å². The van der Waals surface area contributed by atoms with Crippen LogP contribution in [-0.4, -0.2) is 66.8 Å². The van der Waals surface area contributed by atoms with Gasteiger partial charge in [-0.1, -0.05) is 32.3 Å². The van der Waals surface area contributed by atoms with Crippen molar-refractivity contribution >= 4 is 23.4 Å². The van der Waals surface area contributed by atoms with Gasteiger partial charge in [0.2, 0.25) is 6.41 Å². The number of methoxy groups -OCH3 is 1. The van der Waals surface area contributed by atoms with Gasteiger partial charge in [-0.2, -0.15) is 5.10 Å². The van der Waals surface area contributed by atoms with Crippen molar-refractivity contribution < 1.29 is 13.9 Å². The Morgan fingerprint density at radius 1 is 1.13 bits per heavy atom. The van der Waals surface area contributed by atoms with Crippen LogP contribution in [0.3, 0.4) is 0 Å². The summed E-state index contributed by atoms with van der Waals surface area (Å²) in [6.07, 6.45) is 14.9. The first-order valence-electron chi connectivity index (χ1n) is 13.1. The molecule has 0 spiro atoms. The number of pyridine rings is 2. The molecule has 0 bridgehead atoms. The first-order chi connectivity index (χ1) is 19.0. The fourth-order valence-corrected chi connectivity index (χ4v) is 3.76. The Morgan fingerprint density at radius 3 is 2.51 bits per heavy atom. The fourth-order valence-electron chi connectivity index (χ4n) is 3.76. The summed E-state index contributed by atoms with van der Waals surface area (Å²) in [6, 6.07) is 9.19. The number of halogens is 1. The molecule has 1 amide bonds. The van der Waals surface area contributed by atoms with Crippen molar-refractivity contribution in [3.8, 4) is 17.0 Å². The van der Waals surface area contributed by atoms with Crippen molar-refractivity contribution in [1.29, 1.82) is 0 Å². The molecule has 1 aliphatic carbocycles. The summed E-state index contributed by atoms with van der Waals surface area (Å²) in [5.41, 5.74) is 2.51. The van der Waals surface area contributed by atoms with Crippen LogP contribution in [0.15, 0.2) is 61.3 Å². The highest BCUT2D eigenvalue weighted by Gasteiger charge is 2.17. The van der Waals surface area contributed by atoms with Gasteiger partial charge < -0.3 is 19.4 Å². The number of nitrogens with one attached hydrogen (secondary N) is 1. The molecule has 5 aromatic heterocycles. The number of ether oxygens (including phenoxy) is 1. The zero-order valence-electron chi connectivity index (χ0n) is 22.6.